The molecule has 1 saturated heterocycles. The fraction of sp³-hybridized carbons (Fsp3) is 0.812. The number of unbranched alkanes of at least 4 members (excludes halogenated alkanes) is 2. The number of allylic oxidation sites excluding steroid dienone is 2. The van der Waals surface area contributed by atoms with Gasteiger partial charge in [0.2, 0.25) is 0 Å². The minimum atomic E-state index is -3.26. The van der Waals surface area contributed by atoms with Crippen LogP contribution in [0.2, 0.25) is 0 Å². The molecule has 1 aliphatic heterocycles. The molecule has 0 aromatic heterocycles. The predicted octanol–water partition coefficient (Wildman–Crippen LogP) is 1.91. The normalized spacial score (nSPS) is 28.3. The Hall–Kier alpha value is 0.145. The predicted molar refractivity (Wildman–Crippen MR) is 115 cm³/mol. The highest BCUT2D eigenvalue weighted by Crippen LogP contribution is 2.48. The van der Waals surface area contributed by atoms with Crippen LogP contribution in [0, 0.1) is 5.92 Å². The SMILES string of the molecule is B[C@@H]1O[C@H](COC)C(OP(O)(=S)OC)[C@@H]1C/C=C/CCCCNC(C)=S. The van der Waals surface area contributed by atoms with Gasteiger partial charge in [0.15, 0.2) is 0 Å². The molecule has 2 N–H and O–H groups in total. The van der Waals surface area contributed by atoms with Gasteiger partial charge in [-0.25, -0.2) is 0 Å². The van der Waals surface area contributed by atoms with Crippen LogP contribution in [0.3, 0.4) is 0 Å². The molecular weight excluding hydrogens is 392 g/mol. The van der Waals surface area contributed by atoms with Crippen LogP contribution in [-0.2, 0) is 30.3 Å². The topological polar surface area (TPSA) is 69.2 Å². The number of thiocarbonyl (C=S) groups is 1. The summed E-state index contributed by atoms with van der Waals surface area (Å²) in [4.78, 5) is 10.9. The third kappa shape index (κ3) is 8.89. The van der Waals surface area contributed by atoms with Gasteiger partial charge in [0, 0.05) is 32.7 Å². The Morgan fingerprint density at radius 1 is 1.35 bits per heavy atom. The van der Waals surface area contributed by atoms with Crippen LogP contribution in [0.4, 0.5) is 0 Å². The molecule has 0 aromatic carbocycles. The number of nitrogens with one attached hydrogen (secondary N) is 1. The zero-order valence-corrected chi connectivity index (χ0v) is 18.6. The van der Waals surface area contributed by atoms with Gasteiger partial charge in [-0.1, -0.05) is 24.4 Å². The van der Waals surface area contributed by atoms with Crippen LogP contribution < -0.4 is 5.32 Å². The molecule has 0 saturated carbocycles. The first-order valence-corrected chi connectivity index (χ1v) is 11.9. The van der Waals surface area contributed by atoms with Crippen LogP contribution in [0.25, 0.3) is 0 Å². The van der Waals surface area contributed by atoms with Crippen molar-refractivity contribution in [1.82, 2.24) is 5.32 Å². The molecular formula is C16H31BNO5PS2. The first kappa shape index (κ1) is 24.2. The summed E-state index contributed by atoms with van der Waals surface area (Å²) < 4.78 is 21.8. The lowest BCUT2D eigenvalue weighted by Gasteiger charge is -2.26. The molecule has 0 radical (unpaired) electrons. The molecule has 1 aliphatic rings. The zero-order chi connectivity index (χ0) is 19.6. The Morgan fingerprint density at radius 3 is 2.69 bits per heavy atom. The highest BCUT2D eigenvalue weighted by molar-refractivity contribution is 8.07. The van der Waals surface area contributed by atoms with Gasteiger partial charge in [-0.2, -0.15) is 0 Å². The maximum Gasteiger partial charge on any atom is 0.324 e. The smallest absolute Gasteiger partial charge is 0.324 e. The van der Waals surface area contributed by atoms with Crippen molar-refractivity contribution in [3.8, 4) is 0 Å². The van der Waals surface area contributed by atoms with Gasteiger partial charge in [0.1, 0.15) is 20.1 Å². The molecule has 1 rings (SSSR count). The van der Waals surface area contributed by atoms with Crippen molar-refractivity contribution in [1.29, 1.82) is 0 Å². The summed E-state index contributed by atoms with van der Waals surface area (Å²) in [5.74, 6) is 0.0927. The van der Waals surface area contributed by atoms with E-state index in [0.717, 1.165) is 37.2 Å². The van der Waals surface area contributed by atoms with Crippen molar-refractivity contribution < 1.29 is 23.4 Å². The minimum absolute atomic E-state index is 0.00794. The van der Waals surface area contributed by atoms with Gasteiger partial charge < -0.3 is 28.7 Å². The van der Waals surface area contributed by atoms with Gasteiger partial charge in [-0.3, -0.25) is 0 Å². The lowest BCUT2D eigenvalue weighted by atomic mass is 9.82. The highest BCUT2D eigenvalue weighted by Gasteiger charge is 2.44. The van der Waals surface area contributed by atoms with Crippen LogP contribution >= 0.6 is 18.9 Å². The summed E-state index contributed by atoms with van der Waals surface area (Å²) in [6.07, 6.45) is 7.73. The number of rotatable bonds is 12. The van der Waals surface area contributed by atoms with E-state index in [4.69, 9.17) is 42.5 Å². The average molecular weight is 423 g/mol. The number of hydrogen-bond acceptors (Lipinski definition) is 6. The van der Waals surface area contributed by atoms with E-state index in [1.54, 1.807) is 7.11 Å². The Bertz CT molecular complexity index is 511. The first-order valence-electron chi connectivity index (χ1n) is 8.91. The van der Waals surface area contributed by atoms with Crippen molar-refractivity contribution in [2.75, 3.05) is 27.4 Å². The third-order valence-corrected chi connectivity index (χ3v) is 6.16. The Balaban J connectivity index is 2.51. The summed E-state index contributed by atoms with van der Waals surface area (Å²) in [6, 6.07) is -0.00794. The molecule has 0 amide bonds. The molecule has 0 bridgehead atoms. The molecule has 0 aliphatic carbocycles. The van der Waals surface area contributed by atoms with E-state index in [1.807, 2.05) is 14.8 Å². The number of hydrogen-bond donors (Lipinski definition) is 2. The molecule has 10 heteroatoms. The van der Waals surface area contributed by atoms with Crippen molar-refractivity contribution in [3.63, 3.8) is 0 Å². The zero-order valence-electron chi connectivity index (χ0n) is 16.1. The lowest BCUT2D eigenvalue weighted by molar-refractivity contribution is -0.0146. The van der Waals surface area contributed by atoms with Crippen LogP contribution in [0.5, 0.6) is 0 Å². The Morgan fingerprint density at radius 2 is 2.08 bits per heavy atom. The summed E-state index contributed by atoms with van der Waals surface area (Å²) in [6.45, 7) is -0.0534. The maximum atomic E-state index is 10.1. The second-order valence-corrected chi connectivity index (χ2v) is 9.92. The van der Waals surface area contributed by atoms with E-state index in [2.05, 4.69) is 17.5 Å². The minimum Gasteiger partial charge on any atom is -0.382 e. The van der Waals surface area contributed by atoms with Crippen molar-refractivity contribution >= 4 is 43.6 Å². The molecule has 2 unspecified atom stereocenters. The summed E-state index contributed by atoms with van der Waals surface area (Å²) in [5, 5.41) is 3.16. The third-order valence-electron chi connectivity index (χ3n) is 4.34. The van der Waals surface area contributed by atoms with Crippen LogP contribution in [-0.4, -0.2) is 63.3 Å². The van der Waals surface area contributed by atoms with Crippen molar-refractivity contribution in [2.45, 2.75) is 50.8 Å². The number of methoxy groups -OCH3 is 1. The largest absolute Gasteiger partial charge is 0.382 e. The van der Waals surface area contributed by atoms with Gasteiger partial charge in [-0.15, -0.1) is 0 Å². The summed E-state index contributed by atoms with van der Waals surface area (Å²) in [5.41, 5.74) is 0. The first-order chi connectivity index (χ1) is 12.3. The number of ether oxygens (including phenoxy) is 2. The highest BCUT2D eigenvalue weighted by atomic mass is 32.5. The van der Waals surface area contributed by atoms with Gasteiger partial charge in [0.25, 0.3) is 0 Å². The second-order valence-electron chi connectivity index (χ2n) is 6.41. The maximum absolute atomic E-state index is 10.1. The molecule has 26 heavy (non-hydrogen) atoms. The second kappa shape index (κ2) is 12.6. The molecule has 1 heterocycles. The van der Waals surface area contributed by atoms with Crippen molar-refractivity contribution in [2.24, 2.45) is 5.92 Å². The molecule has 0 spiro atoms. The average Bonchev–Trinajstić information content (AvgIpc) is 2.85. The summed E-state index contributed by atoms with van der Waals surface area (Å²) in [7, 11) is 4.99. The van der Waals surface area contributed by atoms with E-state index >= 15 is 0 Å². The molecule has 0 aromatic rings. The van der Waals surface area contributed by atoms with E-state index in [-0.39, 0.29) is 24.1 Å². The molecule has 5 atom stereocenters. The van der Waals surface area contributed by atoms with Crippen LogP contribution in [0.15, 0.2) is 12.2 Å². The van der Waals surface area contributed by atoms with Gasteiger partial charge in [0.05, 0.1) is 11.6 Å². The van der Waals surface area contributed by atoms with E-state index < -0.39 is 6.72 Å². The van der Waals surface area contributed by atoms with Gasteiger partial charge >= 0.3 is 6.72 Å². The monoisotopic (exact) mass is 423 g/mol. The van der Waals surface area contributed by atoms with E-state index in [9.17, 15) is 4.89 Å². The van der Waals surface area contributed by atoms with E-state index in [1.165, 1.54) is 7.11 Å². The fourth-order valence-corrected chi connectivity index (χ4v) is 4.07. The lowest BCUT2D eigenvalue weighted by Crippen LogP contribution is -2.32. The quantitative estimate of drug-likeness (QED) is 0.162. The molecule has 150 valence electrons. The molecule has 6 nitrogen and oxygen atoms in total. The van der Waals surface area contributed by atoms with Gasteiger partial charge in [-0.05, 0) is 44.4 Å². The fourth-order valence-electron chi connectivity index (χ4n) is 2.99. The standard InChI is InChI=1S/C16H31BNO5PS2/c1-12(25)18-10-8-6-4-5-7-9-13-15(23-24(19,26)21-3)14(11-20-2)22-16(13)17/h5,7,13-16H,4,6,8-11,17H2,1-3H3,(H,18,25)(H,19,26)/b7-5+/t13-,14+,15?,16+,24?/m0/s1. The van der Waals surface area contributed by atoms with Crippen LogP contribution in [0.1, 0.15) is 32.6 Å². The Labute approximate surface area is 168 Å². The van der Waals surface area contributed by atoms with E-state index in [0.29, 0.717) is 6.61 Å². The molecule has 1 fully saturated rings. The Kier molecular flexibility index (Phi) is 11.7. The van der Waals surface area contributed by atoms with Crippen molar-refractivity contribution in [3.05, 3.63) is 12.2 Å². The summed E-state index contributed by atoms with van der Waals surface area (Å²) >= 11 is 10.00.